The number of alkyl halides is 3. The maximum atomic E-state index is 13.2. The molecule has 134 valence electrons. The first-order chi connectivity index (χ1) is 11.9. The molecule has 1 fully saturated rings. The van der Waals surface area contributed by atoms with Gasteiger partial charge in [-0.1, -0.05) is 12.1 Å². The smallest absolute Gasteiger partial charge is 0.438 e. The highest BCUT2D eigenvalue weighted by Gasteiger charge is 2.38. The van der Waals surface area contributed by atoms with E-state index in [2.05, 4.69) is 10.3 Å². The lowest BCUT2D eigenvalue weighted by atomic mass is 10.1. The molecule has 3 rings (SSSR count). The molecular formula is C17H18F3N3O2. The summed E-state index contributed by atoms with van der Waals surface area (Å²) < 4.78 is 45.8. The van der Waals surface area contributed by atoms with Gasteiger partial charge in [0.2, 0.25) is 5.69 Å². The Morgan fingerprint density at radius 1 is 1.32 bits per heavy atom. The number of hydrogen-bond acceptors (Lipinski definition) is 4. The standard InChI is InChI=1S/C17H18F3N3O2/c1-25-12-6-4-11(5-7-12)9-23-10-14(13-3-2-8-21-13)22-15(16(23)24)17(18,19)20/h4-7,10,13,21H,2-3,8-9H2,1H3. The lowest BCUT2D eigenvalue weighted by molar-refractivity contribution is -0.142. The minimum Gasteiger partial charge on any atom is -0.497 e. The molecular weight excluding hydrogens is 335 g/mol. The molecule has 0 saturated carbocycles. The van der Waals surface area contributed by atoms with Crippen molar-refractivity contribution < 1.29 is 17.9 Å². The Kier molecular flexibility index (Phi) is 4.80. The van der Waals surface area contributed by atoms with Crippen LogP contribution in [0.4, 0.5) is 13.2 Å². The van der Waals surface area contributed by atoms with E-state index in [-0.39, 0.29) is 18.3 Å². The van der Waals surface area contributed by atoms with Gasteiger partial charge in [0.05, 0.1) is 25.4 Å². The minimum absolute atomic E-state index is 0.0359. The molecule has 0 amide bonds. The van der Waals surface area contributed by atoms with Gasteiger partial charge >= 0.3 is 6.18 Å². The highest BCUT2D eigenvalue weighted by molar-refractivity contribution is 5.27. The monoisotopic (exact) mass is 353 g/mol. The van der Waals surface area contributed by atoms with E-state index in [1.165, 1.54) is 13.3 Å². The van der Waals surface area contributed by atoms with Crippen molar-refractivity contribution in [1.29, 1.82) is 0 Å². The lowest BCUT2D eigenvalue weighted by Gasteiger charge is -2.16. The van der Waals surface area contributed by atoms with Crippen molar-refractivity contribution in [3.8, 4) is 5.75 Å². The second-order valence-corrected chi connectivity index (χ2v) is 5.94. The van der Waals surface area contributed by atoms with Gasteiger partial charge in [0.15, 0.2) is 0 Å². The van der Waals surface area contributed by atoms with Crippen LogP contribution in [-0.4, -0.2) is 23.2 Å². The van der Waals surface area contributed by atoms with Crippen LogP contribution >= 0.6 is 0 Å². The number of halogens is 3. The van der Waals surface area contributed by atoms with Gasteiger partial charge in [-0.25, -0.2) is 4.98 Å². The molecule has 1 N–H and O–H groups in total. The molecule has 1 atom stereocenters. The molecule has 25 heavy (non-hydrogen) atoms. The summed E-state index contributed by atoms with van der Waals surface area (Å²) in [4.78, 5) is 15.9. The van der Waals surface area contributed by atoms with Crippen LogP contribution in [0.2, 0.25) is 0 Å². The number of rotatable bonds is 4. The van der Waals surface area contributed by atoms with Gasteiger partial charge in [0.1, 0.15) is 5.75 Å². The maximum Gasteiger partial charge on any atom is 0.438 e. The molecule has 2 heterocycles. The second kappa shape index (κ2) is 6.87. The van der Waals surface area contributed by atoms with Crippen molar-refractivity contribution in [2.45, 2.75) is 31.6 Å². The molecule has 1 aliphatic heterocycles. The van der Waals surface area contributed by atoms with Crippen molar-refractivity contribution in [3.63, 3.8) is 0 Å². The molecule has 1 aromatic carbocycles. The third-order valence-corrected chi connectivity index (χ3v) is 4.19. The van der Waals surface area contributed by atoms with Crippen LogP contribution in [0.3, 0.4) is 0 Å². The summed E-state index contributed by atoms with van der Waals surface area (Å²) in [5.74, 6) is 0.637. The fourth-order valence-corrected chi connectivity index (χ4v) is 2.89. The quantitative estimate of drug-likeness (QED) is 0.918. The molecule has 1 unspecified atom stereocenters. The van der Waals surface area contributed by atoms with Crippen LogP contribution in [0, 0.1) is 0 Å². The van der Waals surface area contributed by atoms with Gasteiger partial charge in [-0.05, 0) is 37.1 Å². The van der Waals surface area contributed by atoms with Gasteiger partial charge in [-0.15, -0.1) is 0 Å². The Labute approximate surface area is 142 Å². The summed E-state index contributed by atoms with van der Waals surface area (Å²) in [5, 5.41) is 3.12. The van der Waals surface area contributed by atoms with Crippen LogP contribution in [0.25, 0.3) is 0 Å². The van der Waals surface area contributed by atoms with E-state index in [0.717, 1.165) is 17.5 Å². The van der Waals surface area contributed by atoms with Crippen molar-refractivity contribution in [1.82, 2.24) is 14.9 Å². The summed E-state index contributed by atoms with van der Waals surface area (Å²) in [6, 6.07) is 6.57. The molecule has 8 heteroatoms. The Morgan fingerprint density at radius 2 is 2.04 bits per heavy atom. The van der Waals surface area contributed by atoms with Crippen molar-refractivity contribution >= 4 is 0 Å². The van der Waals surface area contributed by atoms with Crippen LogP contribution in [0.5, 0.6) is 5.75 Å². The number of aromatic nitrogens is 2. The number of benzene rings is 1. The molecule has 0 spiro atoms. The van der Waals surface area contributed by atoms with Gasteiger partial charge in [0.25, 0.3) is 5.56 Å². The minimum atomic E-state index is -4.78. The number of nitrogens with one attached hydrogen (secondary N) is 1. The number of ether oxygens (including phenoxy) is 1. The van der Waals surface area contributed by atoms with Crippen molar-refractivity contribution in [3.05, 3.63) is 57.8 Å². The molecule has 0 radical (unpaired) electrons. The maximum absolute atomic E-state index is 13.2. The van der Waals surface area contributed by atoms with E-state index in [1.807, 2.05) is 0 Å². The summed E-state index contributed by atoms with van der Waals surface area (Å²) in [6.45, 7) is 0.763. The third kappa shape index (κ3) is 3.84. The van der Waals surface area contributed by atoms with E-state index in [9.17, 15) is 18.0 Å². The zero-order valence-electron chi connectivity index (χ0n) is 13.6. The predicted molar refractivity (Wildman–Crippen MR) is 85.6 cm³/mol. The SMILES string of the molecule is COc1ccc(Cn2cc(C3CCCN3)nc(C(F)(F)F)c2=O)cc1. The molecule has 1 saturated heterocycles. The zero-order chi connectivity index (χ0) is 18.0. The fourth-order valence-electron chi connectivity index (χ4n) is 2.89. The number of nitrogens with zero attached hydrogens (tertiary/aromatic N) is 2. The molecule has 5 nitrogen and oxygen atoms in total. The largest absolute Gasteiger partial charge is 0.497 e. The Morgan fingerprint density at radius 3 is 2.60 bits per heavy atom. The lowest BCUT2D eigenvalue weighted by Crippen LogP contribution is -2.32. The summed E-state index contributed by atoms with van der Waals surface area (Å²) in [7, 11) is 1.53. The summed E-state index contributed by atoms with van der Waals surface area (Å²) >= 11 is 0. The Bertz CT molecular complexity index is 794. The topological polar surface area (TPSA) is 56.1 Å². The highest BCUT2D eigenvalue weighted by atomic mass is 19.4. The van der Waals surface area contributed by atoms with Crippen LogP contribution < -0.4 is 15.6 Å². The van der Waals surface area contributed by atoms with E-state index >= 15 is 0 Å². The van der Waals surface area contributed by atoms with Crippen LogP contribution in [-0.2, 0) is 12.7 Å². The van der Waals surface area contributed by atoms with E-state index in [4.69, 9.17) is 4.74 Å². The first-order valence-corrected chi connectivity index (χ1v) is 7.93. The fraction of sp³-hybridized carbons (Fsp3) is 0.412. The summed E-state index contributed by atoms with van der Waals surface area (Å²) in [6.07, 6.45) is -1.80. The average molecular weight is 353 g/mol. The molecule has 1 aliphatic rings. The first kappa shape index (κ1) is 17.5. The summed E-state index contributed by atoms with van der Waals surface area (Å²) in [5.41, 5.74) is -1.55. The number of methoxy groups -OCH3 is 1. The number of hydrogen-bond donors (Lipinski definition) is 1. The zero-order valence-corrected chi connectivity index (χ0v) is 13.6. The molecule has 1 aromatic heterocycles. The molecule has 0 aliphatic carbocycles. The average Bonchev–Trinajstić information content (AvgIpc) is 3.11. The second-order valence-electron chi connectivity index (χ2n) is 5.94. The van der Waals surface area contributed by atoms with E-state index in [0.29, 0.717) is 17.7 Å². The Balaban J connectivity index is 2.01. The predicted octanol–water partition coefficient (Wildman–Crippen LogP) is 2.74. The van der Waals surface area contributed by atoms with Crippen molar-refractivity contribution in [2.24, 2.45) is 0 Å². The van der Waals surface area contributed by atoms with Gasteiger partial charge in [-0.3, -0.25) is 4.79 Å². The highest BCUT2D eigenvalue weighted by Crippen LogP contribution is 2.28. The van der Waals surface area contributed by atoms with Gasteiger partial charge in [-0.2, -0.15) is 13.2 Å². The van der Waals surface area contributed by atoms with Crippen LogP contribution in [0.1, 0.15) is 35.8 Å². The Hall–Kier alpha value is -2.35. The normalized spacial score (nSPS) is 17.7. The van der Waals surface area contributed by atoms with E-state index in [1.54, 1.807) is 24.3 Å². The van der Waals surface area contributed by atoms with Gasteiger partial charge < -0.3 is 14.6 Å². The third-order valence-electron chi connectivity index (χ3n) is 4.19. The van der Waals surface area contributed by atoms with E-state index < -0.39 is 17.4 Å². The molecule has 2 aromatic rings. The van der Waals surface area contributed by atoms with Gasteiger partial charge in [0, 0.05) is 6.20 Å². The first-order valence-electron chi connectivity index (χ1n) is 7.93. The van der Waals surface area contributed by atoms with Crippen LogP contribution in [0.15, 0.2) is 35.3 Å². The molecule has 0 bridgehead atoms. The van der Waals surface area contributed by atoms with Crippen molar-refractivity contribution in [2.75, 3.05) is 13.7 Å².